The monoisotopic (exact) mass is 164 g/mol. The second-order valence-electron chi connectivity index (χ2n) is 2.04. The van der Waals surface area contributed by atoms with E-state index in [1.807, 2.05) is 0 Å². The smallest absolute Gasteiger partial charge is 0.144 e. The summed E-state index contributed by atoms with van der Waals surface area (Å²) in [5, 5.41) is 9.51. The van der Waals surface area contributed by atoms with E-state index in [0.717, 1.165) is 4.73 Å². The van der Waals surface area contributed by atoms with Gasteiger partial charge in [-0.2, -0.15) is 0 Å². The molecule has 1 rings (SSSR count). The summed E-state index contributed by atoms with van der Waals surface area (Å²) in [5.41, 5.74) is 0. The Bertz CT molecular complexity index is 332. The van der Waals surface area contributed by atoms with Crippen molar-refractivity contribution in [3.63, 3.8) is 0 Å². The molecule has 62 valence electrons. The van der Waals surface area contributed by atoms with Gasteiger partial charge in [-0.1, -0.05) is 0 Å². The molecule has 0 spiro atoms. The number of rotatable bonds is 2. The molecule has 4 nitrogen and oxygen atoms in total. The molecule has 0 saturated carbocycles. The van der Waals surface area contributed by atoms with E-state index in [-0.39, 0.29) is 0 Å². The van der Waals surface area contributed by atoms with Crippen molar-refractivity contribution in [3.8, 4) is 0 Å². The molecule has 1 heterocycles. The lowest BCUT2D eigenvalue weighted by molar-refractivity contribution is -0.104. The maximum atomic E-state index is 9.86. The van der Waals surface area contributed by atoms with Crippen molar-refractivity contribution in [2.75, 3.05) is 0 Å². The van der Waals surface area contributed by atoms with Crippen LogP contribution >= 0.6 is 0 Å². The standard InChI is InChI=1S/C8H8N2O2/c11-7-1-4-9-8-2-5-10(12)6-3-8/h1-7,12H/b4-1+. The first kappa shape index (κ1) is 8.26. The molecule has 0 amide bonds. The molecule has 1 aromatic rings. The maximum Gasteiger partial charge on any atom is 0.144 e. The lowest BCUT2D eigenvalue weighted by Gasteiger charge is -1.91. The normalized spacial score (nSPS) is 10.0. The third-order valence-electron chi connectivity index (χ3n) is 1.18. The molecule has 0 unspecified atom stereocenters. The van der Waals surface area contributed by atoms with Crippen LogP contribution in [0.1, 0.15) is 0 Å². The Labute approximate surface area is 69.1 Å². The molecule has 1 aromatic heterocycles. The van der Waals surface area contributed by atoms with E-state index in [4.69, 9.17) is 5.21 Å². The van der Waals surface area contributed by atoms with E-state index in [1.165, 1.54) is 24.7 Å². The number of carbonyl (C=O) groups is 1. The Kier molecular flexibility index (Phi) is 2.84. The van der Waals surface area contributed by atoms with Crippen molar-refractivity contribution in [1.29, 1.82) is 0 Å². The highest BCUT2D eigenvalue weighted by atomic mass is 16.5. The molecule has 0 aliphatic carbocycles. The fourth-order valence-electron chi connectivity index (χ4n) is 0.661. The van der Waals surface area contributed by atoms with Crippen molar-refractivity contribution < 1.29 is 10.0 Å². The average Bonchev–Trinajstić information content (AvgIpc) is 2.09. The zero-order valence-electron chi connectivity index (χ0n) is 6.29. The Morgan fingerprint density at radius 3 is 2.67 bits per heavy atom. The van der Waals surface area contributed by atoms with E-state index >= 15 is 0 Å². The van der Waals surface area contributed by atoms with Crippen LogP contribution in [0.2, 0.25) is 0 Å². The quantitative estimate of drug-likeness (QED) is 0.389. The minimum Gasteiger partial charge on any atom is -0.429 e. The first-order valence-electron chi connectivity index (χ1n) is 3.34. The summed E-state index contributed by atoms with van der Waals surface area (Å²) in [7, 11) is 0. The van der Waals surface area contributed by atoms with Crippen LogP contribution in [0.4, 0.5) is 0 Å². The third kappa shape index (κ3) is 2.42. The van der Waals surface area contributed by atoms with Crippen LogP contribution in [0.3, 0.4) is 0 Å². The Balaban J connectivity index is 2.88. The van der Waals surface area contributed by atoms with E-state index in [9.17, 15) is 4.79 Å². The van der Waals surface area contributed by atoms with Crippen LogP contribution in [0.15, 0.2) is 41.8 Å². The van der Waals surface area contributed by atoms with Crippen molar-refractivity contribution >= 4 is 6.29 Å². The average molecular weight is 164 g/mol. The van der Waals surface area contributed by atoms with Gasteiger partial charge in [0.1, 0.15) is 6.29 Å². The van der Waals surface area contributed by atoms with Gasteiger partial charge in [0.05, 0.1) is 5.36 Å². The maximum absolute atomic E-state index is 9.86. The van der Waals surface area contributed by atoms with Crippen LogP contribution in [0, 0.1) is 0 Å². The molecule has 0 bridgehead atoms. The zero-order chi connectivity index (χ0) is 8.81. The minimum atomic E-state index is 0.651. The number of hydrogen-bond acceptors (Lipinski definition) is 3. The van der Waals surface area contributed by atoms with Gasteiger partial charge >= 0.3 is 0 Å². The summed E-state index contributed by atoms with van der Waals surface area (Å²) in [4.78, 5) is 13.8. The third-order valence-corrected chi connectivity index (χ3v) is 1.18. The highest BCUT2D eigenvalue weighted by Crippen LogP contribution is 1.76. The number of nitrogens with zero attached hydrogens (tertiary/aromatic N) is 2. The zero-order valence-corrected chi connectivity index (χ0v) is 6.29. The molecular formula is C8H8N2O2. The number of allylic oxidation sites excluding steroid dienone is 1. The Morgan fingerprint density at radius 2 is 2.08 bits per heavy atom. The number of aldehydes is 1. The Hall–Kier alpha value is -1.84. The number of aromatic nitrogens is 1. The summed E-state index contributed by atoms with van der Waals surface area (Å²) in [6.07, 6.45) is 6.24. The highest BCUT2D eigenvalue weighted by molar-refractivity contribution is 5.64. The van der Waals surface area contributed by atoms with Gasteiger partial charge in [0.2, 0.25) is 0 Å². The van der Waals surface area contributed by atoms with Gasteiger partial charge < -0.3 is 5.21 Å². The van der Waals surface area contributed by atoms with E-state index in [2.05, 4.69) is 4.99 Å². The second-order valence-corrected chi connectivity index (χ2v) is 2.04. The molecule has 12 heavy (non-hydrogen) atoms. The van der Waals surface area contributed by atoms with E-state index in [1.54, 1.807) is 12.1 Å². The molecule has 0 fully saturated rings. The number of hydrogen-bond donors (Lipinski definition) is 1. The minimum absolute atomic E-state index is 0.651. The SMILES string of the molecule is O=C/C=C/N=c1ccn(O)cc1. The van der Waals surface area contributed by atoms with Crippen molar-refractivity contribution in [1.82, 2.24) is 4.73 Å². The molecular weight excluding hydrogens is 156 g/mol. The molecule has 0 aliphatic heterocycles. The fraction of sp³-hybridized carbons (Fsp3) is 0. The predicted octanol–water partition coefficient (Wildman–Crippen LogP) is 0.339. The summed E-state index contributed by atoms with van der Waals surface area (Å²) in [6.45, 7) is 0. The van der Waals surface area contributed by atoms with Crippen molar-refractivity contribution in [3.05, 3.63) is 42.2 Å². The van der Waals surface area contributed by atoms with Gasteiger partial charge in [0.15, 0.2) is 0 Å². The largest absolute Gasteiger partial charge is 0.429 e. The topological polar surface area (TPSA) is 54.6 Å². The number of carbonyl (C=O) groups excluding carboxylic acids is 1. The highest BCUT2D eigenvalue weighted by Gasteiger charge is 1.78. The lowest BCUT2D eigenvalue weighted by atomic mass is 10.5. The van der Waals surface area contributed by atoms with Crippen LogP contribution in [-0.2, 0) is 4.79 Å². The van der Waals surface area contributed by atoms with Crippen LogP contribution in [0.5, 0.6) is 0 Å². The lowest BCUT2D eigenvalue weighted by Crippen LogP contribution is -2.01. The molecule has 0 atom stereocenters. The second kappa shape index (κ2) is 4.12. The van der Waals surface area contributed by atoms with E-state index < -0.39 is 0 Å². The first-order chi connectivity index (χ1) is 5.83. The fourth-order valence-corrected chi connectivity index (χ4v) is 0.661. The summed E-state index contributed by atoms with van der Waals surface area (Å²) in [6, 6.07) is 3.24. The van der Waals surface area contributed by atoms with Gasteiger partial charge in [0.25, 0.3) is 0 Å². The van der Waals surface area contributed by atoms with Gasteiger partial charge in [-0.3, -0.25) is 9.79 Å². The van der Waals surface area contributed by atoms with Crippen LogP contribution < -0.4 is 5.36 Å². The van der Waals surface area contributed by atoms with Crippen LogP contribution in [-0.4, -0.2) is 16.2 Å². The molecule has 4 heteroatoms. The van der Waals surface area contributed by atoms with Gasteiger partial charge in [0, 0.05) is 18.6 Å². The summed E-state index contributed by atoms with van der Waals surface area (Å²) in [5.74, 6) is 0. The molecule has 0 radical (unpaired) electrons. The van der Waals surface area contributed by atoms with Gasteiger partial charge in [-0.25, -0.2) is 4.73 Å². The summed E-state index contributed by atoms with van der Waals surface area (Å²) < 4.78 is 0.919. The van der Waals surface area contributed by atoms with Crippen molar-refractivity contribution in [2.24, 2.45) is 4.99 Å². The predicted molar refractivity (Wildman–Crippen MR) is 42.4 cm³/mol. The summed E-state index contributed by atoms with van der Waals surface area (Å²) >= 11 is 0. The van der Waals surface area contributed by atoms with Gasteiger partial charge in [-0.05, 0) is 18.2 Å². The van der Waals surface area contributed by atoms with Crippen LogP contribution in [0.25, 0.3) is 0 Å². The Morgan fingerprint density at radius 1 is 1.42 bits per heavy atom. The number of pyridine rings is 1. The van der Waals surface area contributed by atoms with Gasteiger partial charge in [-0.15, -0.1) is 0 Å². The van der Waals surface area contributed by atoms with Crippen molar-refractivity contribution in [2.45, 2.75) is 0 Å². The first-order valence-corrected chi connectivity index (χ1v) is 3.34. The van der Waals surface area contributed by atoms with E-state index in [0.29, 0.717) is 11.6 Å². The molecule has 0 aliphatic rings. The molecule has 0 saturated heterocycles. The molecule has 0 aromatic carbocycles. The molecule has 1 N–H and O–H groups in total.